The second-order valence-electron chi connectivity index (χ2n) is 5.98. The first kappa shape index (κ1) is 20.4. The minimum absolute atomic E-state index is 0.0266. The Balaban J connectivity index is 1.63. The third-order valence-electron chi connectivity index (χ3n) is 3.81. The molecule has 148 valence electrons. The number of amides is 1. The molecule has 1 aliphatic rings. The van der Waals surface area contributed by atoms with Crippen LogP contribution in [0.4, 0.5) is 5.69 Å². The minimum atomic E-state index is -3.76. The predicted molar refractivity (Wildman–Crippen MR) is 109 cm³/mol. The van der Waals surface area contributed by atoms with Crippen LogP contribution < -0.4 is 14.8 Å². The van der Waals surface area contributed by atoms with Crippen molar-refractivity contribution in [2.45, 2.75) is 17.7 Å². The van der Waals surface area contributed by atoms with Gasteiger partial charge >= 0.3 is 0 Å². The summed E-state index contributed by atoms with van der Waals surface area (Å²) in [5.74, 6) is 0.252. The molecule has 0 saturated carbocycles. The summed E-state index contributed by atoms with van der Waals surface area (Å²) in [6.45, 7) is 0.302. The zero-order chi connectivity index (χ0) is 20.1. The lowest BCUT2D eigenvalue weighted by Gasteiger charge is -2.11. The van der Waals surface area contributed by atoms with E-state index in [9.17, 15) is 13.2 Å². The molecule has 0 aliphatic carbocycles. The van der Waals surface area contributed by atoms with Crippen LogP contribution in [0.1, 0.15) is 12.8 Å². The number of aliphatic imine (C=N–C) groups is 1. The van der Waals surface area contributed by atoms with Gasteiger partial charge in [-0.3, -0.25) is 14.5 Å². The summed E-state index contributed by atoms with van der Waals surface area (Å²) < 4.78 is 32.7. The Labute approximate surface area is 172 Å². The van der Waals surface area contributed by atoms with Gasteiger partial charge in [0.2, 0.25) is 0 Å². The van der Waals surface area contributed by atoms with E-state index in [4.69, 9.17) is 27.9 Å². The second-order valence-corrected chi connectivity index (χ2v) is 8.50. The zero-order valence-corrected chi connectivity index (χ0v) is 16.9. The lowest BCUT2D eigenvalue weighted by atomic mass is 10.3. The van der Waals surface area contributed by atoms with Crippen LogP contribution in [0, 0.1) is 0 Å². The van der Waals surface area contributed by atoms with Gasteiger partial charge in [-0.1, -0.05) is 29.3 Å². The van der Waals surface area contributed by atoms with Crippen molar-refractivity contribution in [3.05, 3.63) is 52.5 Å². The van der Waals surface area contributed by atoms with Gasteiger partial charge in [0.15, 0.2) is 6.61 Å². The third-order valence-corrected chi connectivity index (χ3v) is 5.73. The standard InChI is InChI=1S/C18H17Cl2N3O4S/c19-12-6-7-15(20)16(9-12)27-11-18(24)22-13-3-1-4-14(10-13)28(25,26)23-17-5-2-8-21-17/h1,3-4,6-7,9-10H,2,5,8,11H2,(H,21,23)(H,22,24). The number of ether oxygens (including phenoxy) is 1. The lowest BCUT2D eigenvalue weighted by Crippen LogP contribution is -2.29. The van der Waals surface area contributed by atoms with E-state index in [1.165, 1.54) is 24.3 Å². The Bertz CT molecular complexity index is 1030. The smallest absolute Gasteiger partial charge is 0.262 e. The van der Waals surface area contributed by atoms with E-state index in [0.717, 1.165) is 6.42 Å². The monoisotopic (exact) mass is 441 g/mol. The van der Waals surface area contributed by atoms with Gasteiger partial charge in [-0.15, -0.1) is 0 Å². The van der Waals surface area contributed by atoms with Gasteiger partial charge in [-0.2, -0.15) is 0 Å². The average Bonchev–Trinajstić information content (AvgIpc) is 3.15. The number of rotatable bonds is 6. The first-order chi connectivity index (χ1) is 13.3. The molecule has 1 heterocycles. The molecular formula is C18H17Cl2N3O4S. The number of sulfonamides is 1. The van der Waals surface area contributed by atoms with Crippen molar-refractivity contribution in [1.82, 2.24) is 4.72 Å². The summed E-state index contributed by atoms with van der Waals surface area (Å²) in [4.78, 5) is 16.3. The van der Waals surface area contributed by atoms with E-state index in [0.29, 0.717) is 34.5 Å². The molecule has 1 amide bonds. The molecule has 28 heavy (non-hydrogen) atoms. The molecule has 3 rings (SSSR count). The SMILES string of the molecule is O=C(COc1cc(Cl)ccc1Cl)Nc1cccc(S(=O)(=O)NC2=NCCC2)c1. The van der Waals surface area contributed by atoms with Gasteiger partial charge in [-0.25, -0.2) is 8.42 Å². The van der Waals surface area contributed by atoms with E-state index in [1.807, 2.05) is 0 Å². The summed E-state index contributed by atoms with van der Waals surface area (Å²) >= 11 is 11.9. The number of nitrogens with zero attached hydrogens (tertiary/aromatic N) is 1. The summed E-state index contributed by atoms with van der Waals surface area (Å²) in [7, 11) is -3.76. The van der Waals surface area contributed by atoms with Gasteiger partial charge in [0.05, 0.1) is 9.92 Å². The Morgan fingerprint density at radius 2 is 2.00 bits per heavy atom. The second kappa shape index (κ2) is 8.81. The van der Waals surface area contributed by atoms with Crippen molar-refractivity contribution in [3.63, 3.8) is 0 Å². The highest BCUT2D eigenvalue weighted by molar-refractivity contribution is 7.90. The van der Waals surface area contributed by atoms with E-state index >= 15 is 0 Å². The van der Waals surface area contributed by atoms with Crippen molar-refractivity contribution in [2.24, 2.45) is 4.99 Å². The van der Waals surface area contributed by atoms with Crippen molar-refractivity contribution in [2.75, 3.05) is 18.5 Å². The number of carbonyl (C=O) groups is 1. The molecular weight excluding hydrogens is 425 g/mol. The average molecular weight is 442 g/mol. The highest BCUT2D eigenvalue weighted by Crippen LogP contribution is 2.27. The number of hydrogen-bond donors (Lipinski definition) is 2. The normalized spacial score (nSPS) is 13.7. The van der Waals surface area contributed by atoms with Gasteiger partial charge in [0.1, 0.15) is 11.6 Å². The van der Waals surface area contributed by atoms with Crippen molar-refractivity contribution in [1.29, 1.82) is 0 Å². The Hall–Kier alpha value is -2.29. The van der Waals surface area contributed by atoms with E-state index < -0.39 is 15.9 Å². The number of anilines is 1. The van der Waals surface area contributed by atoms with Crippen LogP contribution in [-0.4, -0.2) is 33.3 Å². The molecule has 0 aromatic heterocycles. The quantitative estimate of drug-likeness (QED) is 0.716. The third kappa shape index (κ3) is 5.37. The molecule has 0 spiro atoms. The maximum Gasteiger partial charge on any atom is 0.262 e. The molecule has 1 aliphatic heterocycles. The van der Waals surface area contributed by atoms with Gasteiger partial charge in [0.25, 0.3) is 15.9 Å². The fraction of sp³-hybridized carbons (Fsp3) is 0.222. The molecule has 7 nitrogen and oxygen atoms in total. The minimum Gasteiger partial charge on any atom is -0.482 e. The van der Waals surface area contributed by atoms with Crippen molar-refractivity contribution >= 4 is 50.7 Å². The number of nitrogens with one attached hydrogen (secondary N) is 2. The highest BCUT2D eigenvalue weighted by Gasteiger charge is 2.19. The summed E-state index contributed by atoms with van der Waals surface area (Å²) in [6.07, 6.45) is 1.42. The van der Waals surface area contributed by atoms with E-state index in [-0.39, 0.29) is 17.3 Å². The first-order valence-electron chi connectivity index (χ1n) is 8.37. The van der Waals surface area contributed by atoms with E-state index in [1.54, 1.807) is 18.2 Å². The molecule has 0 radical (unpaired) electrons. The maximum absolute atomic E-state index is 12.4. The number of hydrogen-bond acceptors (Lipinski definition) is 5. The van der Waals surface area contributed by atoms with Crippen LogP contribution in [0.3, 0.4) is 0 Å². The number of carbonyl (C=O) groups excluding carboxylic acids is 1. The molecule has 0 unspecified atom stereocenters. The highest BCUT2D eigenvalue weighted by atomic mass is 35.5. The molecule has 0 atom stereocenters. The molecule has 2 N–H and O–H groups in total. The molecule has 2 aromatic carbocycles. The van der Waals surface area contributed by atoms with Crippen LogP contribution in [0.2, 0.25) is 10.0 Å². The van der Waals surface area contributed by atoms with Gasteiger partial charge < -0.3 is 10.1 Å². The largest absolute Gasteiger partial charge is 0.482 e. The molecule has 0 fully saturated rings. The summed E-state index contributed by atoms with van der Waals surface area (Å²) in [6, 6.07) is 10.6. The van der Waals surface area contributed by atoms with Crippen molar-refractivity contribution < 1.29 is 17.9 Å². The number of benzene rings is 2. The molecule has 0 bridgehead atoms. The van der Waals surface area contributed by atoms with Crippen LogP contribution >= 0.6 is 23.2 Å². The summed E-state index contributed by atoms with van der Waals surface area (Å²) in [5.41, 5.74) is 0.321. The fourth-order valence-electron chi connectivity index (χ4n) is 2.51. The maximum atomic E-state index is 12.4. The number of amidine groups is 1. The molecule has 10 heteroatoms. The Kier molecular flexibility index (Phi) is 6.43. The van der Waals surface area contributed by atoms with Crippen LogP contribution in [0.25, 0.3) is 0 Å². The predicted octanol–water partition coefficient (Wildman–Crippen LogP) is 3.48. The lowest BCUT2D eigenvalue weighted by molar-refractivity contribution is -0.118. The fourth-order valence-corrected chi connectivity index (χ4v) is 3.97. The molecule has 2 aromatic rings. The van der Waals surface area contributed by atoms with Gasteiger partial charge in [-0.05, 0) is 36.8 Å². The topological polar surface area (TPSA) is 96.9 Å². The van der Waals surface area contributed by atoms with Crippen LogP contribution in [0.15, 0.2) is 52.4 Å². The summed E-state index contributed by atoms with van der Waals surface area (Å²) in [5, 5.41) is 3.34. The van der Waals surface area contributed by atoms with Crippen molar-refractivity contribution in [3.8, 4) is 5.75 Å². The Morgan fingerprint density at radius 3 is 2.75 bits per heavy atom. The first-order valence-corrected chi connectivity index (χ1v) is 10.6. The number of halogens is 2. The molecule has 0 saturated heterocycles. The van der Waals surface area contributed by atoms with Crippen LogP contribution in [0.5, 0.6) is 5.75 Å². The van der Waals surface area contributed by atoms with Crippen LogP contribution in [-0.2, 0) is 14.8 Å². The zero-order valence-electron chi connectivity index (χ0n) is 14.6. The van der Waals surface area contributed by atoms with Gasteiger partial charge in [0, 0.05) is 29.7 Å². The van der Waals surface area contributed by atoms with E-state index in [2.05, 4.69) is 15.0 Å². The Morgan fingerprint density at radius 1 is 1.18 bits per heavy atom.